The Morgan fingerprint density at radius 2 is 2.00 bits per heavy atom. The summed E-state index contributed by atoms with van der Waals surface area (Å²) in [5.74, 6) is -0.672. The molecule has 2 aromatic rings. The summed E-state index contributed by atoms with van der Waals surface area (Å²) in [6.45, 7) is 0. The van der Waals surface area contributed by atoms with Gasteiger partial charge in [-0.15, -0.1) is 0 Å². The molecule has 7 heteroatoms. The fourth-order valence-electron chi connectivity index (χ4n) is 2.75. The van der Waals surface area contributed by atoms with E-state index in [1.807, 2.05) is 12.1 Å². The summed E-state index contributed by atoms with van der Waals surface area (Å²) in [6.07, 6.45) is -0.0292. The van der Waals surface area contributed by atoms with Crippen molar-refractivity contribution in [3.63, 3.8) is 0 Å². The Labute approximate surface area is 155 Å². The first-order valence-corrected chi connectivity index (χ1v) is 8.40. The van der Waals surface area contributed by atoms with Crippen LogP contribution in [0, 0.1) is 0 Å². The first kappa shape index (κ1) is 17.9. The van der Waals surface area contributed by atoms with Crippen molar-refractivity contribution in [1.29, 1.82) is 0 Å². The maximum absolute atomic E-state index is 12.5. The number of fused-ring (bicyclic) bond motifs is 1. The van der Waals surface area contributed by atoms with Crippen LogP contribution in [0.1, 0.15) is 24.0 Å². The normalized spacial score (nSPS) is 16.2. The molecule has 2 aromatic carbocycles. The lowest BCUT2D eigenvalue weighted by atomic mass is 10.00. The third-order valence-electron chi connectivity index (χ3n) is 4.08. The molecule has 0 aromatic heterocycles. The number of carboxylic acids is 1. The Bertz CT molecular complexity index is 878. The van der Waals surface area contributed by atoms with Crippen LogP contribution in [0.15, 0.2) is 47.5 Å². The number of ether oxygens (including phenoxy) is 1. The van der Waals surface area contributed by atoms with Crippen LogP contribution in [0.4, 0.5) is 5.69 Å². The Morgan fingerprint density at radius 3 is 2.65 bits per heavy atom. The van der Waals surface area contributed by atoms with Crippen LogP contribution in [0.5, 0.6) is 5.75 Å². The molecule has 26 heavy (non-hydrogen) atoms. The van der Waals surface area contributed by atoms with Crippen molar-refractivity contribution < 1.29 is 19.4 Å². The summed E-state index contributed by atoms with van der Waals surface area (Å²) in [5, 5.41) is 12.4. The lowest BCUT2D eigenvalue weighted by Gasteiger charge is -2.11. The van der Waals surface area contributed by atoms with Gasteiger partial charge in [-0.25, -0.2) is 0 Å². The highest BCUT2D eigenvalue weighted by Gasteiger charge is 2.26. The smallest absolute Gasteiger partial charge is 0.303 e. The van der Waals surface area contributed by atoms with Gasteiger partial charge in [0.25, 0.3) is 0 Å². The number of anilines is 1. The van der Waals surface area contributed by atoms with E-state index in [1.54, 1.807) is 37.4 Å². The highest BCUT2D eigenvalue weighted by atomic mass is 35.5. The largest absolute Gasteiger partial charge is 0.497 e. The monoisotopic (exact) mass is 372 g/mol. The number of halogens is 1. The number of aliphatic imine (C=N–C) groups is 1. The van der Waals surface area contributed by atoms with Gasteiger partial charge in [0.05, 0.1) is 18.5 Å². The molecule has 0 aliphatic carbocycles. The number of benzene rings is 2. The average Bonchev–Trinajstić information content (AvgIpc) is 2.76. The topological polar surface area (TPSA) is 88.0 Å². The zero-order valence-electron chi connectivity index (χ0n) is 14.0. The van der Waals surface area contributed by atoms with Crippen molar-refractivity contribution in [3.05, 3.63) is 58.6 Å². The number of nitrogens with one attached hydrogen (secondary N) is 1. The Kier molecular flexibility index (Phi) is 5.23. The predicted octanol–water partition coefficient (Wildman–Crippen LogP) is 3.37. The van der Waals surface area contributed by atoms with Crippen LogP contribution < -0.4 is 10.1 Å². The highest BCUT2D eigenvalue weighted by molar-refractivity contribution is 6.30. The minimum absolute atomic E-state index is 0.114. The number of nitrogens with zero attached hydrogens (tertiary/aromatic N) is 1. The van der Waals surface area contributed by atoms with Crippen LogP contribution in [0.2, 0.25) is 5.02 Å². The first-order chi connectivity index (χ1) is 12.5. The van der Waals surface area contributed by atoms with Gasteiger partial charge in [-0.1, -0.05) is 23.7 Å². The molecule has 134 valence electrons. The van der Waals surface area contributed by atoms with Crippen LogP contribution in [0.25, 0.3) is 0 Å². The molecule has 0 saturated heterocycles. The van der Waals surface area contributed by atoms with Gasteiger partial charge in [-0.05, 0) is 36.8 Å². The Morgan fingerprint density at radius 1 is 1.27 bits per heavy atom. The predicted molar refractivity (Wildman–Crippen MR) is 99.4 cm³/mol. The molecular formula is C19H17ClN2O4. The van der Waals surface area contributed by atoms with Gasteiger partial charge < -0.3 is 15.2 Å². The van der Waals surface area contributed by atoms with E-state index in [1.165, 1.54) is 0 Å². The van der Waals surface area contributed by atoms with Crippen molar-refractivity contribution in [1.82, 2.24) is 0 Å². The lowest BCUT2D eigenvalue weighted by molar-refractivity contribution is -0.137. The summed E-state index contributed by atoms with van der Waals surface area (Å²) in [5.41, 5.74) is 2.67. The fourth-order valence-corrected chi connectivity index (χ4v) is 2.87. The quantitative estimate of drug-likeness (QED) is 0.842. The van der Waals surface area contributed by atoms with Gasteiger partial charge in [-0.2, -0.15) is 0 Å². The molecule has 0 fully saturated rings. The summed E-state index contributed by atoms with van der Waals surface area (Å²) >= 11 is 5.98. The number of methoxy groups -OCH3 is 1. The molecular weight excluding hydrogens is 356 g/mol. The molecule has 2 N–H and O–H groups in total. The van der Waals surface area contributed by atoms with Crippen LogP contribution >= 0.6 is 11.6 Å². The highest BCUT2D eigenvalue weighted by Crippen LogP contribution is 2.29. The maximum Gasteiger partial charge on any atom is 0.303 e. The van der Waals surface area contributed by atoms with E-state index in [2.05, 4.69) is 10.3 Å². The van der Waals surface area contributed by atoms with E-state index in [0.717, 1.165) is 5.56 Å². The summed E-state index contributed by atoms with van der Waals surface area (Å²) in [4.78, 5) is 28.0. The van der Waals surface area contributed by atoms with E-state index >= 15 is 0 Å². The van der Waals surface area contributed by atoms with Crippen molar-refractivity contribution >= 4 is 34.9 Å². The van der Waals surface area contributed by atoms with Gasteiger partial charge >= 0.3 is 5.97 Å². The minimum atomic E-state index is -0.968. The first-order valence-electron chi connectivity index (χ1n) is 8.02. The maximum atomic E-state index is 12.5. The van der Waals surface area contributed by atoms with E-state index in [0.29, 0.717) is 27.7 Å². The Balaban J connectivity index is 2.12. The SMILES string of the molecule is COc1ccc2c(c1)C(c1ccc(Cl)cc1)=N[C@@H](CCC(=O)O)C(=O)N2. The number of hydrogen-bond donors (Lipinski definition) is 2. The molecule has 1 heterocycles. The second kappa shape index (κ2) is 7.58. The molecule has 3 rings (SSSR count). The number of benzodiazepines with no additional fused rings is 1. The molecule has 6 nitrogen and oxygen atoms in total. The van der Waals surface area contributed by atoms with Crippen LogP contribution in [-0.4, -0.2) is 35.8 Å². The van der Waals surface area contributed by atoms with Crippen molar-refractivity contribution in [3.8, 4) is 5.75 Å². The van der Waals surface area contributed by atoms with Gasteiger partial charge in [-0.3, -0.25) is 14.6 Å². The van der Waals surface area contributed by atoms with Crippen molar-refractivity contribution in [2.24, 2.45) is 4.99 Å². The second-order valence-electron chi connectivity index (χ2n) is 5.83. The molecule has 0 spiro atoms. The molecule has 1 atom stereocenters. The molecule has 1 aliphatic heterocycles. The minimum Gasteiger partial charge on any atom is -0.497 e. The second-order valence-corrected chi connectivity index (χ2v) is 6.27. The van der Waals surface area contributed by atoms with E-state index in [-0.39, 0.29) is 18.7 Å². The zero-order chi connectivity index (χ0) is 18.7. The van der Waals surface area contributed by atoms with Gasteiger partial charge in [0.1, 0.15) is 11.8 Å². The van der Waals surface area contributed by atoms with Gasteiger partial charge in [0.15, 0.2) is 0 Å². The number of amides is 1. The number of aliphatic carboxylic acids is 1. The number of rotatable bonds is 5. The number of carbonyl (C=O) groups excluding carboxylic acids is 1. The third-order valence-corrected chi connectivity index (χ3v) is 4.33. The molecule has 1 aliphatic rings. The molecule has 1 amide bonds. The third kappa shape index (κ3) is 3.86. The summed E-state index contributed by atoms with van der Waals surface area (Å²) in [6, 6.07) is 11.6. The zero-order valence-corrected chi connectivity index (χ0v) is 14.8. The number of carbonyl (C=O) groups is 2. The van der Waals surface area contributed by atoms with E-state index in [4.69, 9.17) is 21.4 Å². The average molecular weight is 373 g/mol. The standard InChI is InChI=1S/C19H17ClN2O4/c1-26-13-6-7-15-14(10-13)18(11-2-4-12(20)5-3-11)21-16(19(25)22-15)8-9-17(23)24/h2-7,10,16H,8-9H2,1H3,(H,22,25)(H,23,24)/t16-/m0/s1. The van der Waals surface area contributed by atoms with Gasteiger partial charge in [0.2, 0.25) is 5.91 Å². The van der Waals surface area contributed by atoms with Crippen molar-refractivity contribution in [2.75, 3.05) is 12.4 Å². The summed E-state index contributed by atoms with van der Waals surface area (Å²) in [7, 11) is 1.56. The molecule has 0 unspecified atom stereocenters. The van der Waals surface area contributed by atoms with Gasteiger partial charge in [0, 0.05) is 22.6 Å². The number of carboxylic acid groups (broad SMARTS) is 1. The van der Waals surface area contributed by atoms with Crippen molar-refractivity contribution in [2.45, 2.75) is 18.9 Å². The van der Waals surface area contributed by atoms with Crippen LogP contribution in [-0.2, 0) is 9.59 Å². The number of hydrogen-bond acceptors (Lipinski definition) is 4. The Hall–Kier alpha value is -2.86. The van der Waals surface area contributed by atoms with E-state index in [9.17, 15) is 9.59 Å². The summed E-state index contributed by atoms with van der Waals surface area (Å²) < 4.78 is 5.29. The fraction of sp³-hybridized carbons (Fsp3) is 0.211. The molecule has 0 saturated carbocycles. The molecule has 0 radical (unpaired) electrons. The lowest BCUT2D eigenvalue weighted by Crippen LogP contribution is -2.26. The van der Waals surface area contributed by atoms with E-state index < -0.39 is 12.0 Å². The molecule has 0 bridgehead atoms. The van der Waals surface area contributed by atoms with Crippen LogP contribution in [0.3, 0.4) is 0 Å².